The molecule has 0 unspecified atom stereocenters. The Bertz CT molecular complexity index is 676. The predicted octanol–water partition coefficient (Wildman–Crippen LogP) is 2.95. The van der Waals surface area contributed by atoms with E-state index in [4.69, 9.17) is 4.42 Å². The number of hydrogen-bond donors (Lipinski definition) is 0. The Hall–Kier alpha value is -2.14. The van der Waals surface area contributed by atoms with E-state index in [1.165, 1.54) is 5.56 Å². The van der Waals surface area contributed by atoms with Crippen LogP contribution >= 0.6 is 0 Å². The molecule has 2 aliphatic rings. The number of piperidine rings is 1. The SMILES string of the molecule is O=C(c1ccco1)N1CCCC12CCN(Cc1cccnc1)CC2. The Morgan fingerprint density at radius 2 is 2.04 bits per heavy atom. The Morgan fingerprint density at radius 3 is 2.75 bits per heavy atom. The molecule has 4 rings (SSSR count). The molecule has 0 aliphatic carbocycles. The Kier molecular flexibility index (Phi) is 4.10. The minimum absolute atomic E-state index is 0.0231. The van der Waals surface area contributed by atoms with Gasteiger partial charge in [-0.25, -0.2) is 0 Å². The highest BCUT2D eigenvalue weighted by molar-refractivity contribution is 5.92. The smallest absolute Gasteiger partial charge is 0.290 e. The van der Waals surface area contributed by atoms with E-state index in [0.29, 0.717) is 5.76 Å². The average Bonchev–Trinajstić information content (AvgIpc) is 3.28. The Morgan fingerprint density at radius 1 is 1.17 bits per heavy atom. The van der Waals surface area contributed by atoms with Gasteiger partial charge in [-0.3, -0.25) is 14.7 Å². The number of likely N-dealkylation sites (tertiary alicyclic amines) is 2. The summed E-state index contributed by atoms with van der Waals surface area (Å²) in [6.45, 7) is 3.84. The molecule has 5 heteroatoms. The quantitative estimate of drug-likeness (QED) is 0.870. The molecule has 0 radical (unpaired) electrons. The summed E-state index contributed by atoms with van der Waals surface area (Å²) < 4.78 is 5.33. The zero-order valence-electron chi connectivity index (χ0n) is 13.9. The molecule has 1 spiro atoms. The van der Waals surface area contributed by atoms with Gasteiger partial charge >= 0.3 is 0 Å². The van der Waals surface area contributed by atoms with E-state index in [-0.39, 0.29) is 11.4 Å². The van der Waals surface area contributed by atoms with Crippen LogP contribution in [0.1, 0.15) is 41.8 Å². The van der Waals surface area contributed by atoms with Crippen molar-refractivity contribution in [1.29, 1.82) is 0 Å². The first-order chi connectivity index (χ1) is 11.8. The maximum atomic E-state index is 12.8. The number of carbonyl (C=O) groups excluding carboxylic acids is 1. The third-order valence-electron chi connectivity index (χ3n) is 5.49. The lowest BCUT2D eigenvalue weighted by Crippen LogP contribution is -2.53. The zero-order valence-corrected chi connectivity index (χ0v) is 13.9. The van der Waals surface area contributed by atoms with E-state index >= 15 is 0 Å². The largest absolute Gasteiger partial charge is 0.459 e. The van der Waals surface area contributed by atoms with Gasteiger partial charge in [0.1, 0.15) is 0 Å². The number of rotatable bonds is 3. The number of carbonyl (C=O) groups is 1. The van der Waals surface area contributed by atoms with Gasteiger partial charge in [0.05, 0.1) is 6.26 Å². The summed E-state index contributed by atoms with van der Waals surface area (Å²) in [6.07, 6.45) is 9.61. The van der Waals surface area contributed by atoms with Crippen LogP contribution < -0.4 is 0 Å². The second kappa shape index (κ2) is 6.40. The first-order valence-electron chi connectivity index (χ1n) is 8.74. The van der Waals surface area contributed by atoms with Gasteiger partial charge in [0.25, 0.3) is 5.91 Å². The maximum Gasteiger partial charge on any atom is 0.290 e. The topological polar surface area (TPSA) is 49.6 Å². The van der Waals surface area contributed by atoms with Gasteiger partial charge < -0.3 is 9.32 Å². The molecule has 24 heavy (non-hydrogen) atoms. The van der Waals surface area contributed by atoms with Crippen molar-refractivity contribution in [2.75, 3.05) is 19.6 Å². The van der Waals surface area contributed by atoms with Crippen LogP contribution in [0.15, 0.2) is 47.3 Å². The van der Waals surface area contributed by atoms with Gasteiger partial charge in [0.15, 0.2) is 5.76 Å². The van der Waals surface area contributed by atoms with Crippen molar-refractivity contribution in [3.8, 4) is 0 Å². The van der Waals surface area contributed by atoms with Gasteiger partial charge in [-0.2, -0.15) is 0 Å². The van der Waals surface area contributed by atoms with Crippen molar-refractivity contribution in [1.82, 2.24) is 14.8 Å². The van der Waals surface area contributed by atoms with Crippen LogP contribution in [0.4, 0.5) is 0 Å². The number of aromatic nitrogens is 1. The lowest BCUT2D eigenvalue weighted by Gasteiger charge is -2.44. The molecule has 5 nitrogen and oxygen atoms in total. The normalized spacial score (nSPS) is 20.6. The minimum atomic E-state index is 0.0231. The van der Waals surface area contributed by atoms with Gasteiger partial charge in [-0.15, -0.1) is 0 Å². The van der Waals surface area contributed by atoms with Crippen LogP contribution in [0, 0.1) is 0 Å². The zero-order chi connectivity index (χ0) is 16.4. The van der Waals surface area contributed by atoms with Crippen molar-refractivity contribution in [2.45, 2.75) is 37.8 Å². The van der Waals surface area contributed by atoms with E-state index in [0.717, 1.165) is 51.9 Å². The molecule has 2 fully saturated rings. The molecule has 0 saturated carbocycles. The fourth-order valence-corrected chi connectivity index (χ4v) is 4.19. The minimum Gasteiger partial charge on any atom is -0.459 e. The Balaban J connectivity index is 1.42. The number of pyridine rings is 1. The number of furan rings is 1. The third-order valence-corrected chi connectivity index (χ3v) is 5.49. The van der Waals surface area contributed by atoms with Crippen LogP contribution in [0.3, 0.4) is 0 Å². The fraction of sp³-hybridized carbons (Fsp3) is 0.474. The molecule has 2 aliphatic heterocycles. The summed E-state index contributed by atoms with van der Waals surface area (Å²) in [5.74, 6) is 0.521. The Labute approximate surface area is 142 Å². The predicted molar refractivity (Wildman–Crippen MR) is 90.5 cm³/mol. The van der Waals surface area contributed by atoms with E-state index in [1.54, 1.807) is 18.4 Å². The van der Waals surface area contributed by atoms with Gasteiger partial charge in [0, 0.05) is 44.1 Å². The highest BCUT2D eigenvalue weighted by atomic mass is 16.3. The lowest BCUT2D eigenvalue weighted by molar-refractivity contribution is 0.0332. The molecule has 2 aromatic rings. The standard InChI is InChI=1S/C19H23N3O2/c23-18(17-5-2-13-24-17)22-10-3-6-19(22)7-11-21(12-8-19)15-16-4-1-9-20-14-16/h1-2,4-5,9,13-14H,3,6-8,10-12,15H2. The van der Waals surface area contributed by atoms with Crippen molar-refractivity contribution in [3.05, 3.63) is 54.2 Å². The first-order valence-corrected chi connectivity index (χ1v) is 8.74. The molecule has 0 aromatic carbocycles. The molecule has 2 aromatic heterocycles. The van der Waals surface area contributed by atoms with Gasteiger partial charge in [0.2, 0.25) is 0 Å². The molecular weight excluding hydrogens is 302 g/mol. The van der Waals surface area contributed by atoms with Gasteiger partial charge in [-0.05, 0) is 49.4 Å². The van der Waals surface area contributed by atoms with E-state index in [2.05, 4.69) is 20.9 Å². The molecule has 126 valence electrons. The highest BCUT2D eigenvalue weighted by Crippen LogP contribution is 2.39. The fourth-order valence-electron chi connectivity index (χ4n) is 4.19. The van der Waals surface area contributed by atoms with E-state index in [9.17, 15) is 4.79 Å². The summed E-state index contributed by atoms with van der Waals surface area (Å²) in [4.78, 5) is 21.5. The monoisotopic (exact) mass is 325 g/mol. The third kappa shape index (κ3) is 2.84. The molecule has 0 N–H and O–H groups in total. The number of amides is 1. The lowest BCUT2D eigenvalue weighted by atomic mass is 9.84. The second-order valence-corrected chi connectivity index (χ2v) is 6.90. The van der Waals surface area contributed by atoms with Crippen molar-refractivity contribution in [2.24, 2.45) is 0 Å². The molecule has 0 atom stereocenters. The second-order valence-electron chi connectivity index (χ2n) is 6.90. The van der Waals surface area contributed by atoms with Crippen LogP contribution in [-0.2, 0) is 6.54 Å². The van der Waals surface area contributed by atoms with Crippen molar-refractivity contribution < 1.29 is 9.21 Å². The summed E-state index contributed by atoms with van der Waals surface area (Å²) in [6, 6.07) is 7.67. The van der Waals surface area contributed by atoms with Crippen LogP contribution in [0.2, 0.25) is 0 Å². The summed E-state index contributed by atoms with van der Waals surface area (Å²) in [7, 11) is 0. The number of hydrogen-bond acceptors (Lipinski definition) is 4. The van der Waals surface area contributed by atoms with Crippen LogP contribution in [0.5, 0.6) is 0 Å². The molecular formula is C19H23N3O2. The van der Waals surface area contributed by atoms with E-state index < -0.39 is 0 Å². The highest BCUT2D eigenvalue weighted by Gasteiger charge is 2.45. The number of nitrogens with zero attached hydrogens (tertiary/aromatic N) is 3. The van der Waals surface area contributed by atoms with Crippen LogP contribution in [0.25, 0.3) is 0 Å². The summed E-state index contributed by atoms with van der Waals surface area (Å²) in [5.41, 5.74) is 1.28. The molecule has 4 heterocycles. The molecule has 1 amide bonds. The van der Waals surface area contributed by atoms with Gasteiger partial charge in [-0.1, -0.05) is 6.07 Å². The maximum absolute atomic E-state index is 12.8. The van der Waals surface area contributed by atoms with E-state index in [1.807, 2.05) is 18.5 Å². The van der Waals surface area contributed by atoms with Crippen LogP contribution in [-0.4, -0.2) is 45.9 Å². The molecule has 2 saturated heterocycles. The first kappa shape index (κ1) is 15.4. The summed E-state index contributed by atoms with van der Waals surface area (Å²) >= 11 is 0. The molecule has 0 bridgehead atoms. The van der Waals surface area contributed by atoms with Crippen molar-refractivity contribution >= 4 is 5.91 Å². The van der Waals surface area contributed by atoms with Crippen molar-refractivity contribution in [3.63, 3.8) is 0 Å². The summed E-state index contributed by atoms with van der Waals surface area (Å²) in [5, 5.41) is 0. The average molecular weight is 325 g/mol.